The largest absolute Gasteiger partial charge is 0.486 e. The van der Waals surface area contributed by atoms with Gasteiger partial charge in [-0.3, -0.25) is 9.69 Å². The molecule has 1 fully saturated rings. The Morgan fingerprint density at radius 1 is 1.24 bits per heavy atom. The van der Waals surface area contributed by atoms with Gasteiger partial charge in [0.15, 0.2) is 11.5 Å². The van der Waals surface area contributed by atoms with Gasteiger partial charge in [0.25, 0.3) is 0 Å². The van der Waals surface area contributed by atoms with Gasteiger partial charge >= 0.3 is 0 Å². The number of nitrogens with one attached hydrogen (secondary N) is 1. The Morgan fingerprint density at radius 3 is 2.76 bits per heavy atom. The summed E-state index contributed by atoms with van der Waals surface area (Å²) in [7, 11) is 0. The lowest BCUT2D eigenvalue weighted by Crippen LogP contribution is -2.43. The molecule has 0 unspecified atom stereocenters. The van der Waals surface area contributed by atoms with Gasteiger partial charge in [-0.2, -0.15) is 0 Å². The van der Waals surface area contributed by atoms with E-state index >= 15 is 0 Å². The minimum Gasteiger partial charge on any atom is -0.486 e. The predicted octanol–water partition coefficient (Wildman–Crippen LogP) is 2.83. The molecule has 1 atom stereocenters. The third-order valence-electron chi connectivity index (χ3n) is 4.85. The predicted molar refractivity (Wildman–Crippen MR) is 97.9 cm³/mol. The van der Waals surface area contributed by atoms with Crippen molar-refractivity contribution < 1.29 is 14.3 Å². The van der Waals surface area contributed by atoms with Crippen LogP contribution in [0.2, 0.25) is 0 Å². The molecule has 138 valence electrons. The molecule has 5 heteroatoms. The normalized spacial score (nSPS) is 21.0. The molecule has 2 aliphatic heterocycles. The van der Waals surface area contributed by atoms with E-state index in [2.05, 4.69) is 22.3 Å². The van der Waals surface area contributed by atoms with E-state index in [-0.39, 0.29) is 11.3 Å². The third-order valence-corrected chi connectivity index (χ3v) is 4.85. The SMILES string of the molecule is CC(C)(C)C(=O)NC[C@@H]1CCCN(Cc2ccc3c(c2)OCCO3)C1. The standard InChI is InChI=1S/C20H30N2O3/c1-20(2,3)19(23)21-12-16-5-4-8-22(14-16)13-15-6-7-17-18(11-15)25-10-9-24-17/h6-7,11,16H,4-5,8-10,12-14H2,1-3H3,(H,21,23)/t16-/m0/s1. The number of likely N-dealkylation sites (tertiary alicyclic amines) is 1. The number of rotatable bonds is 4. The molecule has 5 nitrogen and oxygen atoms in total. The van der Waals surface area contributed by atoms with Crippen LogP contribution in [0.25, 0.3) is 0 Å². The maximum atomic E-state index is 12.1. The van der Waals surface area contributed by atoms with Gasteiger partial charge in [-0.15, -0.1) is 0 Å². The molecular formula is C20H30N2O3. The van der Waals surface area contributed by atoms with E-state index in [1.807, 2.05) is 26.8 Å². The molecule has 3 rings (SSSR count). The molecule has 1 saturated heterocycles. The van der Waals surface area contributed by atoms with Gasteiger partial charge in [0.05, 0.1) is 0 Å². The number of ether oxygens (including phenoxy) is 2. The quantitative estimate of drug-likeness (QED) is 0.911. The van der Waals surface area contributed by atoms with E-state index in [0.717, 1.165) is 37.7 Å². The number of hydrogen-bond acceptors (Lipinski definition) is 4. The molecule has 1 aromatic carbocycles. The Balaban J connectivity index is 1.52. The van der Waals surface area contributed by atoms with E-state index in [4.69, 9.17) is 9.47 Å². The van der Waals surface area contributed by atoms with Crippen LogP contribution in [0.4, 0.5) is 0 Å². The van der Waals surface area contributed by atoms with Crippen LogP contribution in [-0.4, -0.2) is 43.7 Å². The van der Waals surface area contributed by atoms with Gasteiger partial charge in [-0.05, 0) is 43.0 Å². The summed E-state index contributed by atoms with van der Waals surface area (Å²) in [6.45, 7) is 10.9. The number of carbonyl (C=O) groups excluding carboxylic acids is 1. The summed E-state index contributed by atoms with van der Waals surface area (Å²) in [5.41, 5.74) is 0.933. The van der Waals surface area contributed by atoms with Crippen LogP contribution in [0, 0.1) is 11.3 Å². The first-order valence-corrected chi connectivity index (χ1v) is 9.31. The van der Waals surface area contributed by atoms with Crippen LogP contribution < -0.4 is 14.8 Å². The fourth-order valence-electron chi connectivity index (χ4n) is 3.41. The Labute approximate surface area is 150 Å². The number of piperidine rings is 1. The van der Waals surface area contributed by atoms with Crippen molar-refractivity contribution in [1.82, 2.24) is 10.2 Å². The molecule has 2 aliphatic rings. The zero-order chi connectivity index (χ0) is 17.9. The highest BCUT2D eigenvalue weighted by molar-refractivity contribution is 5.81. The minimum absolute atomic E-state index is 0.136. The van der Waals surface area contributed by atoms with Crippen molar-refractivity contribution >= 4 is 5.91 Å². The van der Waals surface area contributed by atoms with Gasteiger partial charge in [0, 0.05) is 25.0 Å². The molecule has 0 aliphatic carbocycles. The average Bonchev–Trinajstić information content (AvgIpc) is 2.59. The Morgan fingerprint density at radius 2 is 2.00 bits per heavy atom. The monoisotopic (exact) mass is 346 g/mol. The van der Waals surface area contributed by atoms with Gasteiger partial charge in [0.1, 0.15) is 13.2 Å². The van der Waals surface area contributed by atoms with Crippen molar-refractivity contribution in [3.05, 3.63) is 23.8 Å². The second kappa shape index (κ2) is 7.65. The van der Waals surface area contributed by atoms with E-state index in [9.17, 15) is 4.79 Å². The topological polar surface area (TPSA) is 50.8 Å². The summed E-state index contributed by atoms with van der Waals surface area (Å²) in [4.78, 5) is 14.5. The molecule has 1 amide bonds. The Bertz CT molecular complexity index is 609. The highest BCUT2D eigenvalue weighted by atomic mass is 16.6. The van der Waals surface area contributed by atoms with Crippen LogP contribution in [0.15, 0.2) is 18.2 Å². The summed E-state index contributed by atoms with van der Waals surface area (Å²) in [6, 6.07) is 6.23. The second-order valence-corrected chi connectivity index (χ2v) is 8.18. The van der Waals surface area contributed by atoms with E-state index < -0.39 is 0 Å². The van der Waals surface area contributed by atoms with E-state index in [0.29, 0.717) is 19.1 Å². The fraction of sp³-hybridized carbons (Fsp3) is 0.650. The average molecular weight is 346 g/mol. The maximum Gasteiger partial charge on any atom is 0.225 e. The van der Waals surface area contributed by atoms with Crippen molar-refractivity contribution in [2.45, 2.75) is 40.2 Å². The summed E-state index contributed by atoms with van der Waals surface area (Å²) in [5, 5.41) is 3.12. The van der Waals surface area contributed by atoms with Gasteiger partial charge < -0.3 is 14.8 Å². The summed E-state index contributed by atoms with van der Waals surface area (Å²) in [5.74, 6) is 2.36. The lowest BCUT2D eigenvalue weighted by atomic mass is 9.94. The number of benzene rings is 1. The smallest absolute Gasteiger partial charge is 0.225 e. The van der Waals surface area contributed by atoms with Crippen molar-refractivity contribution in [2.75, 3.05) is 32.8 Å². The number of nitrogens with zero attached hydrogens (tertiary/aromatic N) is 1. The molecule has 0 radical (unpaired) electrons. The van der Waals surface area contributed by atoms with Crippen LogP contribution >= 0.6 is 0 Å². The van der Waals surface area contributed by atoms with Gasteiger partial charge in [-0.1, -0.05) is 26.8 Å². The van der Waals surface area contributed by atoms with Gasteiger partial charge in [-0.25, -0.2) is 0 Å². The zero-order valence-electron chi connectivity index (χ0n) is 15.6. The zero-order valence-corrected chi connectivity index (χ0v) is 15.6. The number of amides is 1. The number of fused-ring (bicyclic) bond motifs is 1. The molecule has 1 N–H and O–H groups in total. The molecular weight excluding hydrogens is 316 g/mol. The lowest BCUT2D eigenvalue weighted by molar-refractivity contribution is -0.128. The maximum absolute atomic E-state index is 12.1. The van der Waals surface area contributed by atoms with Gasteiger partial charge in [0.2, 0.25) is 5.91 Å². The molecule has 2 heterocycles. The third kappa shape index (κ3) is 4.88. The number of carbonyl (C=O) groups is 1. The summed E-state index contributed by atoms with van der Waals surface area (Å²) >= 11 is 0. The molecule has 0 aromatic heterocycles. The van der Waals surface area contributed by atoms with Crippen molar-refractivity contribution in [2.24, 2.45) is 11.3 Å². The van der Waals surface area contributed by atoms with E-state index in [1.54, 1.807) is 0 Å². The summed E-state index contributed by atoms with van der Waals surface area (Å²) < 4.78 is 11.3. The first kappa shape index (κ1) is 18.1. The second-order valence-electron chi connectivity index (χ2n) is 8.18. The Kier molecular flexibility index (Phi) is 5.52. The van der Waals surface area contributed by atoms with Crippen molar-refractivity contribution in [1.29, 1.82) is 0 Å². The van der Waals surface area contributed by atoms with Crippen molar-refractivity contribution in [3.8, 4) is 11.5 Å². The molecule has 1 aromatic rings. The Hall–Kier alpha value is -1.75. The van der Waals surface area contributed by atoms with E-state index in [1.165, 1.54) is 18.4 Å². The minimum atomic E-state index is -0.320. The first-order chi connectivity index (χ1) is 11.9. The first-order valence-electron chi connectivity index (χ1n) is 9.31. The lowest BCUT2D eigenvalue weighted by Gasteiger charge is -2.33. The van der Waals surface area contributed by atoms with Crippen LogP contribution in [0.5, 0.6) is 11.5 Å². The number of hydrogen-bond donors (Lipinski definition) is 1. The molecule has 0 bridgehead atoms. The van der Waals surface area contributed by atoms with Crippen LogP contribution in [0.3, 0.4) is 0 Å². The van der Waals surface area contributed by atoms with Crippen LogP contribution in [-0.2, 0) is 11.3 Å². The fourth-order valence-corrected chi connectivity index (χ4v) is 3.41. The molecule has 0 spiro atoms. The highest BCUT2D eigenvalue weighted by Crippen LogP contribution is 2.31. The molecule has 25 heavy (non-hydrogen) atoms. The van der Waals surface area contributed by atoms with Crippen molar-refractivity contribution in [3.63, 3.8) is 0 Å². The van der Waals surface area contributed by atoms with Crippen LogP contribution in [0.1, 0.15) is 39.2 Å². The highest BCUT2D eigenvalue weighted by Gasteiger charge is 2.24. The molecule has 0 saturated carbocycles. The summed E-state index contributed by atoms with van der Waals surface area (Å²) in [6.07, 6.45) is 2.36.